The minimum absolute atomic E-state index is 0.0823. The molecule has 0 aliphatic heterocycles. The van der Waals surface area contributed by atoms with Gasteiger partial charge in [0.2, 0.25) is 0 Å². The quantitative estimate of drug-likeness (QED) is 0.630. The van der Waals surface area contributed by atoms with E-state index in [2.05, 4.69) is 9.73 Å². The summed E-state index contributed by atoms with van der Waals surface area (Å²) >= 11 is 1.14. The Balaban J connectivity index is 1.98. The Kier molecular flexibility index (Phi) is 5.66. The monoisotopic (exact) mass is 388 g/mol. The molecule has 0 atom stereocenters. The van der Waals surface area contributed by atoms with Crippen molar-refractivity contribution in [3.05, 3.63) is 58.6 Å². The van der Waals surface area contributed by atoms with Gasteiger partial charge < -0.3 is 14.0 Å². The summed E-state index contributed by atoms with van der Waals surface area (Å²) in [6.45, 7) is -0.230. The van der Waals surface area contributed by atoms with E-state index < -0.39 is 17.7 Å². The van der Waals surface area contributed by atoms with Crippen molar-refractivity contribution in [2.24, 2.45) is 4.99 Å². The van der Waals surface area contributed by atoms with Crippen molar-refractivity contribution in [3.63, 3.8) is 0 Å². The van der Waals surface area contributed by atoms with Crippen molar-refractivity contribution < 1.29 is 23.5 Å². The highest BCUT2D eigenvalue weighted by Crippen LogP contribution is 2.20. The number of carbonyl (C=O) groups excluding carboxylic acids is 2. The Bertz CT molecular complexity index is 1050. The fourth-order valence-electron chi connectivity index (χ4n) is 2.58. The average Bonchev–Trinajstić information content (AvgIpc) is 3.00. The van der Waals surface area contributed by atoms with Gasteiger partial charge in [0.1, 0.15) is 18.1 Å². The molecule has 8 heteroatoms. The van der Waals surface area contributed by atoms with Crippen LogP contribution in [0.4, 0.5) is 4.39 Å². The summed E-state index contributed by atoms with van der Waals surface area (Å²) in [5.41, 5.74) is 1.00. The maximum Gasteiger partial charge on any atom is 0.325 e. The van der Waals surface area contributed by atoms with Crippen LogP contribution < -0.4 is 9.54 Å². The fraction of sp³-hybridized carbons (Fsp3) is 0.211. The number of halogens is 1. The molecule has 3 rings (SSSR count). The first kappa shape index (κ1) is 18.8. The number of benzene rings is 2. The first-order valence-corrected chi connectivity index (χ1v) is 8.88. The Morgan fingerprint density at radius 2 is 1.89 bits per heavy atom. The van der Waals surface area contributed by atoms with Gasteiger partial charge in [-0.2, -0.15) is 4.99 Å². The minimum atomic E-state index is -0.554. The number of hydrogen-bond donors (Lipinski definition) is 0. The zero-order chi connectivity index (χ0) is 19.4. The van der Waals surface area contributed by atoms with Gasteiger partial charge in [0.25, 0.3) is 5.91 Å². The molecule has 27 heavy (non-hydrogen) atoms. The molecule has 0 fully saturated rings. The van der Waals surface area contributed by atoms with Crippen molar-refractivity contribution in [1.29, 1.82) is 0 Å². The number of aromatic nitrogens is 1. The number of fused-ring (bicyclic) bond motifs is 1. The number of carbonyl (C=O) groups is 2. The first-order valence-electron chi connectivity index (χ1n) is 8.07. The molecule has 140 valence electrons. The predicted octanol–water partition coefficient (Wildman–Crippen LogP) is 2.69. The van der Waals surface area contributed by atoms with E-state index in [9.17, 15) is 14.0 Å². The lowest BCUT2D eigenvalue weighted by atomic mass is 10.1. The van der Waals surface area contributed by atoms with Gasteiger partial charge in [-0.3, -0.25) is 9.59 Å². The molecule has 0 unspecified atom stereocenters. The Labute approximate surface area is 158 Å². The molecule has 0 radical (unpaired) electrons. The lowest BCUT2D eigenvalue weighted by Crippen LogP contribution is -2.23. The summed E-state index contributed by atoms with van der Waals surface area (Å²) < 4.78 is 26.0. The number of hydrogen-bond acceptors (Lipinski definition) is 5. The van der Waals surface area contributed by atoms with Crippen LogP contribution in [0.5, 0.6) is 5.75 Å². The normalized spacial score (nSPS) is 11.6. The number of thiazole rings is 1. The molecule has 0 aliphatic rings. The third kappa shape index (κ3) is 4.22. The van der Waals surface area contributed by atoms with Crippen LogP contribution in [0.15, 0.2) is 47.5 Å². The van der Waals surface area contributed by atoms with E-state index in [1.165, 1.54) is 17.7 Å². The molecular formula is C19H17FN2O4S. The summed E-state index contributed by atoms with van der Waals surface area (Å²) in [6, 6.07) is 11.7. The number of methoxy groups -OCH3 is 2. The molecule has 0 saturated carbocycles. The lowest BCUT2D eigenvalue weighted by Gasteiger charge is -2.04. The van der Waals surface area contributed by atoms with Crippen molar-refractivity contribution in [1.82, 2.24) is 4.57 Å². The summed E-state index contributed by atoms with van der Waals surface area (Å²) in [5, 5.41) is 0. The minimum Gasteiger partial charge on any atom is -0.497 e. The molecule has 0 saturated heterocycles. The highest BCUT2D eigenvalue weighted by atomic mass is 32.1. The van der Waals surface area contributed by atoms with E-state index in [1.54, 1.807) is 43.5 Å². The van der Waals surface area contributed by atoms with Gasteiger partial charge in [0.15, 0.2) is 4.80 Å². The number of para-hydroxylation sites is 1. The van der Waals surface area contributed by atoms with Crippen molar-refractivity contribution in [3.8, 4) is 5.75 Å². The van der Waals surface area contributed by atoms with Gasteiger partial charge in [0.05, 0.1) is 30.9 Å². The van der Waals surface area contributed by atoms with E-state index in [0.717, 1.165) is 16.9 Å². The van der Waals surface area contributed by atoms with Gasteiger partial charge in [-0.25, -0.2) is 4.39 Å². The number of esters is 1. The van der Waals surface area contributed by atoms with E-state index >= 15 is 0 Å². The molecule has 6 nitrogen and oxygen atoms in total. The first-order chi connectivity index (χ1) is 13.0. The van der Waals surface area contributed by atoms with Crippen LogP contribution in [-0.2, 0) is 27.3 Å². The van der Waals surface area contributed by atoms with Gasteiger partial charge in [-0.15, -0.1) is 0 Å². The van der Waals surface area contributed by atoms with E-state index in [0.29, 0.717) is 10.4 Å². The molecule has 2 aromatic carbocycles. The Morgan fingerprint density at radius 3 is 2.56 bits per heavy atom. The summed E-state index contributed by atoms with van der Waals surface area (Å²) in [5.74, 6) is -0.747. The second-order valence-corrected chi connectivity index (χ2v) is 6.67. The molecule has 1 heterocycles. The van der Waals surface area contributed by atoms with E-state index in [1.807, 2.05) is 0 Å². The maximum atomic E-state index is 14.3. The SMILES string of the molecule is COC(=O)Cn1c(=NC(=O)Cc2ccc(OC)cc2)sc2cccc(F)c21. The number of nitrogens with zero attached hydrogens (tertiary/aromatic N) is 2. The van der Waals surface area contributed by atoms with Crippen LogP contribution >= 0.6 is 11.3 Å². The van der Waals surface area contributed by atoms with E-state index in [4.69, 9.17) is 4.74 Å². The van der Waals surface area contributed by atoms with Crippen molar-refractivity contribution >= 4 is 33.4 Å². The van der Waals surface area contributed by atoms with E-state index in [-0.39, 0.29) is 23.3 Å². The zero-order valence-electron chi connectivity index (χ0n) is 14.8. The van der Waals surface area contributed by atoms with Gasteiger partial charge in [0, 0.05) is 0 Å². The lowest BCUT2D eigenvalue weighted by molar-refractivity contribution is -0.141. The third-order valence-electron chi connectivity index (χ3n) is 3.90. The fourth-order valence-corrected chi connectivity index (χ4v) is 3.64. The maximum absolute atomic E-state index is 14.3. The standard InChI is InChI=1S/C19H17FN2O4S/c1-25-13-8-6-12(7-9-13)10-16(23)21-19-22(11-17(24)26-2)18-14(20)4-3-5-15(18)27-19/h3-9H,10-11H2,1-2H3. The molecule has 0 aliphatic carbocycles. The van der Waals surface area contributed by atoms with Crippen molar-refractivity contribution in [2.75, 3.05) is 14.2 Å². The van der Waals surface area contributed by atoms with Crippen molar-refractivity contribution in [2.45, 2.75) is 13.0 Å². The van der Waals surface area contributed by atoms with Crippen LogP contribution in [-0.4, -0.2) is 30.7 Å². The van der Waals surface area contributed by atoms with Crippen LogP contribution in [0.25, 0.3) is 10.2 Å². The van der Waals surface area contributed by atoms with Crippen LogP contribution in [0.3, 0.4) is 0 Å². The second-order valence-electron chi connectivity index (χ2n) is 5.66. The Hall–Kier alpha value is -3.00. The summed E-state index contributed by atoms with van der Waals surface area (Å²) in [4.78, 5) is 28.5. The predicted molar refractivity (Wildman–Crippen MR) is 99.1 cm³/mol. The molecule has 0 spiro atoms. The molecular weight excluding hydrogens is 371 g/mol. The molecule has 3 aromatic rings. The molecule has 1 aromatic heterocycles. The van der Waals surface area contributed by atoms with Gasteiger partial charge >= 0.3 is 5.97 Å². The van der Waals surface area contributed by atoms with Crippen LogP contribution in [0.2, 0.25) is 0 Å². The van der Waals surface area contributed by atoms with Crippen LogP contribution in [0.1, 0.15) is 5.56 Å². The topological polar surface area (TPSA) is 69.9 Å². The highest BCUT2D eigenvalue weighted by molar-refractivity contribution is 7.16. The summed E-state index contributed by atoms with van der Waals surface area (Å²) in [6.07, 6.45) is 0.0823. The number of amides is 1. The second kappa shape index (κ2) is 8.13. The molecule has 1 amide bonds. The van der Waals surface area contributed by atoms with Crippen LogP contribution in [0, 0.1) is 5.82 Å². The average molecular weight is 388 g/mol. The summed E-state index contributed by atoms with van der Waals surface area (Å²) in [7, 11) is 2.82. The van der Waals surface area contributed by atoms with Gasteiger partial charge in [-0.1, -0.05) is 29.5 Å². The molecule has 0 N–H and O–H groups in total. The highest BCUT2D eigenvalue weighted by Gasteiger charge is 2.15. The number of ether oxygens (including phenoxy) is 2. The smallest absolute Gasteiger partial charge is 0.325 e. The van der Waals surface area contributed by atoms with Gasteiger partial charge in [-0.05, 0) is 29.8 Å². The largest absolute Gasteiger partial charge is 0.497 e. The Morgan fingerprint density at radius 1 is 1.15 bits per heavy atom. The molecule has 0 bridgehead atoms. The number of rotatable bonds is 5. The third-order valence-corrected chi connectivity index (χ3v) is 4.95. The zero-order valence-corrected chi connectivity index (χ0v) is 15.6.